The van der Waals surface area contributed by atoms with Crippen LogP contribution in [-0.2, 0) is 4.84 Å². The largest absolute Gasteiger partial charge is 0.411 e. The fourth-order valence-corrected chi connectivity index (χ4v) is 1.14. The number of hydroxylamine groups is 1. The van der Waals surface area contributed by atoms with Crippen molar-refractivity contribution in [3.05, 3.63) is 36.1 Å². The maximum Gasteiger partial charge on any atom is 0.138 e. The zero-order valence-electron chi connectivity index (χ0n) is 8.59. The third kappa shape index (κ3) is 5.67. The zero-order chi connectivity index (χ0) is 11.7. The highest BCUT2D eigenvalue weighted by atomic mass is 35.5. The van der Waals surface area contributed by atoms with E-state index in [1.165, 1.54) is 0 Å². The van der Waals surface area contributed by atoms with Gasteiger partial charge >= 0.3 is 0 Å². The lowest BCUT2D eigenvalue weighted by Gasteiger charge is -2.10. The van der Waals surface area contributed by atoms with Gasteiger partial charge in [-0.05, 0) is 13.0 Å². The smallest absolute Gasteiger partial charge is 0.138 e. The third-order valence-corrected chi connectivity index (χ3v) is 2.01. The van der Waals surface area contributed by atoms with E-state index in [0.29, 0.717) is 22.8 Å². The molecule has 15 heavy (non-hydrogen) atoms. The van der Waals surface area contributed by atoms with Crippen molar-refractivity contribution in [2.45, 2.75) is 6.92 Å². The normalized spacial score (nSPS) is 12.5. The summed E-state index contributed by atoms with van der Waals surface area (Å²) in [7, 11) is 0. The Hall–Kier alpha value is -0.710. The molecule has 0 radical (unpaired) electrons. The molecule has 3 nitrogen and oxygen atoms in total. The van der Waals surface area contributed by atoms with Crippen molar-refractivity contribution in [2.75, 3.05) is 11.8 Å². The van der Waals surface area contributed by atoms with Crippen LogP contribution in [0.5, 0.6) is 0 Å². The number of alkyl halides is 1. The van der Waals surface area contributed by atoms with E-state index in [2.05, 4.69) is 24.7 Å². The van der Waals surface area contributed by atoms with Gasteiger partial charge in [0, 0.05) is 5.57 Å². The van der Waals surface area contributed by atoms with Crippen LogP contribution in [0.2, 0.25) is 0 Å². The lowest BCUT2D eigenvalue weighted by atomic mass is 10.1. The Kier molecular flexibility index (Phi) is 8.18. The molecular weight excluding hydrogens is 232 g/mol. The van der Waals surface area contributed by atoms with Crippen molar-refractivity contribution in [1.29, 1.82) is 5.41 Å². The van der Waals surface area contributed by atoms with Crippen molar-refractivity contribution in [3.63, 3.8) is 0 Å². The number of nitrogens with one attached hydrogen (secondary N) is 2. The number of hydrogen-bond donors (Lipinski definition) is 3. The number of halogens is 1. The third-order valence-electron chi connectivity index (χ3n) is 1.61. The van der Waals surface area contributed by atoms with Crippen LogP contribution in [0.4, 0.5) is 0 Å². The van der Waals surface area contributed by atoms with Crippen molar-refractivity contribution in [1.82, 2.24) is 5.48 Å². The predicted octanol–water partition coefficient (Wildman–Crippen LogP) is 2.67. The molecule has 0 fully saturated rings. The van der Waals surface area contributed by atoms with E-state index in [-0.39, 0.29) is 6.00 Å². The SMILES string of the molecule is C=C/C=C\C(=N)/C(C)=C(\CS)ONCCl. The maximum absolute atomic E-state index is 7.70. The van der Waals surface area contributed by atoms with E-state index in [4.69, 9.17) is 21.8 Å². The molecule has 0 aromatic carbocycles. The van der Waals surface area contributed by atoms with E-state index in [9.17, 15) is 0 Å². The monoisotopic (exact) mass is 246 g/mol. The van der Waals surface area contributed by atoms with Crippen molar-refractivity contribution < 1.29 is 4.84 Å². The minimum absolute atomic E-state index is 0.181. The summed E-state index contributed by atoms with van der Waals surface area (Å²) in [4.78, 5) is 5.12. The lowest BCUT2D eigenvalue weighted by Crippen LogP contribution is -2.15. The molecule has 0 aliphatic heterocycles. The Morgan fingerprint density at radius 3 is 2.80 bits per heavy atom. The van der Waals surface area contributed by atoms with Crippen LogP contribution in [0.3, 0.4) is 0 Å². The summed E-state index contributed by atoms with van der Waals surface area (Å²) < 4.78 is 0. The van der Waals surface area contributed by atoms with Gasteiger partial charge in [-0.1, -0.05) is 18.7 Å². The molecule has 0 saturated heterocycles. The Morgan fingerprint density at radius 1 is 1.67 bits per heavy atom. The summed E-state index contributed by atoms with van der Waals surface area (Å²) >= 11 is 9.51. The zero-order valence-corrected chi connectivity index (χ0v) is 10.2. The fraction of sp³-hybridized carbons (Fsp3) is 0.300. The molecule has 0 atom stereocenters. The van der Waals surface area contributed by atoms with Gasteiger partial charge < -0.3 is 10.2 Å². The first-order valence-electron chi connectivity index (χ1n) is 4.31. The molecule has 0 rings (SSSR count). The van der Waals surface area contributed by atoms with Gasteiger partial charge in [0.15, 0.2) is 0 Å². The molecule has 0 aromatic rings. The number of allylic oxidation sites excluding steroid dienone is 4. The first kappa shape index (κ1) is 14.3. The van der Waals surface area contributed by atoms with Gasteiger partial charge in [-0.15, -0.1) is 17.1 Å². The van der Waals surface area contributed by atoms with E-state index in [1.807, 2.05) is 0 Å². The summed E-state index contributed by atoms with van der Waals surface area (Å²) in [6, 6.07) is 0.181. The summed E-state index contributed by atoms with van der Waals surface area (Å²) in [6.45, 7) is 5.32. The maximum atomic E-state index is 7.70. The lowest BCUT2D eigenvalue weighted by molar-refractivity contribution is 0.122. The van der Waals surface area contributed by atoms with Crippen molar-refractivity contribution in [2.24, 2.45) is 0 Å². The average molecular weight is 247 g/mol. The van der Waals surface area contributed by atoms with Gasteiger partial charge in [0.25, 0.3) is 0 Å². The Bertz CT molecular complexity index is 287. The molecule has 0 bridgehead atoms. The predicted molar refractivity (Wildman–Crippen MR) is 68.6 cm³/mol. The Labute approximate surface area is 101 Å². The molecule has 84 valence electrons. The van der Waals surface area contributed by atoms with Crippen LogP contribution in [0, 0.1) is 5.41 Å². The van der Waals surface area contributed by atoms with E-state index in [1.54, 1.807) is 25.2 Å². The number of thiol groups is 1. The molecular formula is C10H15ClN2OS. The topological polar surface area (TPSA) is 45.1 Å². The molecule has 0 spiro atoms. The highest BCUT2D eigenvalue weighted by Crippen LogP contribution is 2.08. The second-order valence-corrected chi connectivity index (χ2v) is 3.18. The molecule has 0 amide bonds. The summed E-state index contributed by atoms with van der Waals surface area (Å²) in [6.07, 6.45) is 4.94. The molecule has 0 aliphatic rings. The van der Waals surface area contributed by atoms with Gasteiger partial charge in [0.05, 0.1) is 11.5 Å². The van der Waals surface area contributed by atoms with Gasteiger partial charge in [-0.2, -0.15) is 12.6 Å². The molecule has 0 unspecified atom stereocenters. The average Bonchev–Trinajstić information content (AvgIpc) is 2.26. The van der Waals surface area contributed by atoms with E-state index in [0.717, 1.165) is 0 Å². The first-order chi connectivity index (χ1) is 7.17. The molecule has 0 aromatic heterocycles. The van der Waals surface area contributed by atoms with Gasteiger partial charge in [-0.3, -0.25) is 0 Å². The minimum atomic E-state index is 0.181. The quantitative estimate of drug-likeness (QED) is 0.123. The first-order valence-corrected chi connectivity index (χ1v) is 5.48. The van der Waals surface area contributed by atoms with Crippen LogP contribution in [0.25, 0.3) is 0 Å². The van der Waals surface area contributed by atoms with Crippen LogP contribution < -0.4 is 5.48 Å². The van der Waals surface area contributed by atoms with Crippen molar-refractivity contribution in [3.8, 4) is 0 Å². The molecule has 0 heterocycles. The summed E-state index contributed by atoms with van der Waals surface area (Å²) in [5, 5.41) is 7.70. The fourth-order valence-electron chi connectivity index (χ4n) is 0.781. The van der Waals surface area contributed by atoms with Crippen LogP contribution >= 0.6 is 24.2 Å². The van der Waals surface area contributed by atoms with Gasteiger partial charge in [0.2, 0.25) is 0 Å². The number of rotatable bonds is 7. The van der Waals surface area contributed by atoms with Crippen LogP contribution in [-0.4, -0.2) is 17.5 Å². The van der Waals surface area contributed by atoms with E-state index >= 15 is 0 Å². The standard InChI is InChI=1S/C10H15ClN2OS/c1-3-4-5-9(12)8(2)10(6-15)14-13-7-11/h3-5,12-13,15H,1,6-7H2,2H3/b5-4-,10-8+,12-9?. The van der Waals surface area contributed by atoms with Crippen LogP contribution in [0.1, 0.15) is 6.92 Å². The molecule has 0 aliphatic carbocycles. The Morgan fingerprint density at radius 2 is 2.33 bits per heavy atom. The molecule has 5 heteroatoms. The highest BCUT2D eigenvalue weighted by molar-refractivity contribution is 7.80. The summed E-state index contributed by atoms with van der Waals surface area (Å²) in [5.74, 6) is 0.984. The van der Waals surface area contributed by atoms with Gasteiger partial charge in [-0.25, -0.2) is 0 Å². The van der Waals surface area contributed by atoms with E-state index < -0.39 is 0 Å². The second kappa shape index (κ2) is 8.59. The highest BCUT2D eigenvalue weighted by Gasteiger charge is 2.05. The minimum Gasteiger partial charge on any atom is -0.411 e. The van der Waals surface area contributed by atoms with Crippen molar-refractivity contribution >= 4 is 29.9 Å². The van der Waals surface area contributed by atoms with Gasteiger partial charge in [0.1, 0.15) is 11.8 Å². The Balaban J connectivity index is 4.61. The number of hydrogen-bond acceptors (Lipinski definition) is 4. The van der Waals surface area contributed by atoms with Crippen LogP contribution in [0.15, 0.2) is 36.1 Å². The molecule has 2 N–H and O–H groups in total. The summed E-state index contributed by atoms with van der Waals surface area (Å²) in [5.41, 5.74) is 3.57. The second-order valence-electron chi connectivity index (χ2n) is 2.59. The molecule has 0 saturated carbocycles.